The van der Waals surface area contributed by atoms with Crippen molar-refractivity contribution in [3.05, 3.63) is 51.5 Å². The van der Waals surface area contributed by atoms with Crippen molar-refractivity contribution in [3.63, 3.8) is 0 Å². The first-order valence-corrected chi connectivity index (χ1v) is 8.45. The first-order valence-electron chi connectivity index (χ1n) is 7.64. The smallest absolute Gasteiger partial charge is 0.161 e. The number of H-pyrrole nitrogens is 1. The molecular weight excluding hydrogens is 304 g/mol. The number of aryl methyl sites for hydroxylation is 3. The van der Waals surface area contributed by atoms with Crippen LogP contribution in [-0.2, 0) is 0 Å². The highest BCUT2D eigenvalue weighted by Crippen LogP contribution is 2.36. The van der Waals surface area contributed by atoms with E-state index in [1.54, 1.807) is 18.3 Å². The van der Waals surface area contributed by atoms with Gasteiger partial charge >= 0.3 is 0 Å². The molecule has 118 valence electrons. The molecule has 1 N–H and O–H groups in total. The van der Waals surface area contributed by atoms with E-state index in [-0.39, 0.29) is 5.78 Å². The van der Waals surface area contributed by atoms with E-state index in [1.165, 1.54) is 11.1 Å². The van der Waals surface area contributed by atoms with E-state index in [0.717, 1.165) is 38.1 Å². The van der Waals surface area contributed by atoms with Crippen molar-refractivity contribution in [1.29, 1.82) is 0 Å². The van der Waals surface area contributed by atoms with Crippen LogP contribution >= 0.6 is 11.3 Å². The van der Waals surface area contributed by atoms with Crippen LogP contribution in [0.25, 0.3) is 22.0 Å². The molecule has 0 fully saturated rings. The number of hydrogen-bond acceptors (Lipinski definition) is 3. The molecule has 0 radical (unpaired) electrons. The SMILES string of the molecule is CC(=O)c1c(C)[nH]c(-c2nc(-c3ccccc3C)sc2C)c1C. The lowest BCUT2D eigenvalue weighted by atomic mass is 10.1. The quantitative estimate of drug-likeness (QED) is 0.669. The van der Waals surface area contributed by atoms with Crippen LogP contribution in [0.1, 0.15) is 39.0 Å². The Morgan fingerprint density at radius 2 is 1.83 bits per heavy atom. The number of aromatic nitrogens is 2. The van der Waals surface area contributed by atoms with Gasteiger partial charge in [-0.3, -0.25) is 4.79 Å². The Morgan fingerprint density at radius 1 is 1.13 bits per heavy atom. The summed E-state index contributed by atoms with van der Waals surface area (Å²) in [6, 6.07) is 8.28. The molecule has 3 nitrogen and oxygen atoms in total. The second-order valence-corrected chi connectivity index (χ2v) is 7.12. The highest BCUT2D eigenvalue weighted by molar-refractivity contribution is 7.15. The molecule has 0 aliphatic carbocycles. The third-order valence-corrected chi connectivity index (χ3v) is 5.20. The number of Topliss-reactive ketones (excluding diaryl/α,β-unsaturated/α-hetero) is 1. The van der Waals surface area contributed by atoms with Crippen molar-refractivity contribution in [3.8, 4) is 22.0 Å². The molecule has 3 rings (SSSR count). The molecule has 0 bridgehead atoms. The van der Waals surface area contributed by atoms with Crippen molar-refractivity contribution in [2.75, 3.05) is 0 Å². The summed E-state index contributed by atoms with van der Waals surface area (Å²) >= 11 is 1.69. The minimum absolute atomic E-state index is 0.0921. The van der Waals surface area contributed by atoms with Gasteiger partial charge < -0.3 is 4.98 Å². The summed E-state index contributed by atoms with van der Waals surface area (Å²) < 4.78 is 0. The number of hydrogen-bond donors (Lipinski definition) is 1. The van der Waals surface area contributed by atoms with E-state index in [0.29, 0.717) is 0 Å². The van der Waals surface area contributed by atoms with Gasteiger partial charge in [0, 0.05) is 21.7 Å². The van der Waals surface area contributed by atoms with Crippen LogP contribution in [-0.4, -0.2) is 15.8 Å². The fraction of sp³-hybridized carbons (Fsp3) is 0.263. The minimum Gasteiger partial charge on any atom is -0.356 e. The zero-order valence-electron chi connectivity index (χ0n) is 14.1. The molecule has 2 heterocycles. The lowest BCUT2D eigenvalue weighted by Gasteiger charge is -2.01. The summed E-state index contributed by atoms with van der Waals surface area (Å²) in [6.45, 7) is 9.72. The normalized spacial score (nSPS) is 11.0. The van der Waals surface area contributed by atoms with E-state index in [4.69, 9.17) is 4.98 Å². The monoisotopic (exact) mass is 324 g/mol. The molecule has 0 saturated carbocycles. The van der Waals surface area contributed by atoms with Crippen LogP contribution in [0.4, 0.5) is 0 Å². The van der Waals surface area contributed by atoms with Gasteiger partial charge in [0.05, 0.1) is 5.69 Å². The predicted molar refractivity (Wildman–Crippen MR) is 96.3 cm³/mol. The third kappa shape index (κ3) is 2.63. The number of carbonyl (C=O) groups excluding carboxylic acids is 1. The molecule has 2 aromatic heterocycles. The molecule has 3 aromatic rings. The van der Waals surface area contributed by atoms with E-state index >= 15 is 0 Å². The summed E-state index contributed by atoms with van der Waals surface area (Å²) in [7, 11) is 0. The fourth-order valence-electron chi connectivity index (χ4n) is 3.07. The summed E-state index contributed by atoms with van der Waals surface area (Å²) in [6.07, 6.45) is 0. The first-order chi connectivity index (χ1) is 10.9. The lowest BCUT2D eigenvalue weighted by Crippen LogP contribution is -1.95. The number of benzene rings is 1. The summed E-state index contributed by atoms with van der Waals surface area (Å²) in [5.74, 6) is 0.0921. The molecule has 0 amide bonds. The summed E-state index contributed by atoms with van der Waals surface area (Å²) in [5.41, 5.74) is 6.97. The number of carbonyl (C=O) groups is 1. The van der Waals surface area contributed by atoms with Gasteiger partial charge in [0.25, 0.3) is 0 Å². The van der Waals surface area contributed by atoms with Gasteiger partial charge in [0.15, 0.2) is 5.78 Å². The Kier molecular flexibility index (Phi) is 3.94. The maximum atomic E-state index is 11.9. The molecule has 23 heavy (non-hydrogen) atoms. The Labute approximate surface area is 140 Å². The topological polar surface area (TPSA) is 45.8 Å². The van der Waals surface area contributed by atoms with Gasteiger partial charge in [-0.05, 0) is 45.7 Å². The van der Waals surface area contributed by atoms with Gasteiger partial charge in [0.1, 0.15) is 10.7 Å². The minimum atomic E-state index is 0.0921. The third-order valence-electron chi connectivity index (χ3n) is 4.20. The average Bonchev–Trinajstić information content (AvgIpc) is 2.99. The van der Waals surface area contributed by atoms with Gasteiger partial charge in [-0.2, -0.15) is 0 Å². The highest BCUT2D eigenvalue weighted by Gasteiger charge is 2.20. The van der Waals surface area contributed by atoms with Crippen molar-refractivity contribution in [1.82, 2.24) is 9.97 Å². The molecule has 1 aromatic carbocycles. The summed E-state index contributed by atoms with van der Waals surface area (Å²) in [5, 5.41) is 1.02. The van der Waals surface area contributed by atoms with E-state index in [9.17, 15) is 4.79 Å². The van der Waals surface area contributed by atoms with Crippen LogP contribution in [0.2, 0.25) is 0 Å². The first kappa shape index (κ1) is 15.7. The van der Waals surface area contributed by atoms with Crippen molar-refractivity contribution < 1.29 is 4.79 Å². The van der Waals surface area contributed by atoms with Gasteiger partial charge in [-0.25, -0.2) is 4.98 Å². The van der Waals surface area contributed by atoms with E-state index in [2.05, 4.69) is 31.0 Å². The van der Waals surface area contributed by atoms with Crippen LogP contribution in [0.5, 0.6) is 0 Å². The van der Waals surface area contributed by atoms with Crippen LogP contribution in [0, 0.1) is 27.7 Å². The van der Waals surface area contributed by atoms with Gasteiger partial charge in [0.2, 0.25) is 0 Å². The number of nitrogens with zero attached hydrogens (tertiary/aromatic N) is 1. The Balaban J connectivity index is 2.15. The zero-order valence-corrected chi connectivity index (χ0v) is 14.9. The van der Waals surface area contributed by atoms with E-state index in [1.807, 2.05) is 26.0 Å². The van der Waals surface area contributed by atoms with Crippen LogP contribution < -0.4 is 0 Å². The van der Waals surface area contributed by atoms with Crippen LogP contribution in [0.3, 0.4) is 0 Å². The van der Waals surface area contributed by atoms with E-state index < -0.39 is 0 Å². The Hall–Kier alpha value is -2.20. The molecule has 0 spiro atoms. The fourth-order valence-corrected chi connectivity index (χ4v) is 4.08. The standard InChI is InChI=1S/C19H20N2OS/c1-10-8-6-7-9-15(10)19-21-18(14(5)23-19)17-11(2)16(13(4)22)12(3)20-17/h6-9,20H,1-5H3. The molecule has 0 unspecified atom stereocenters. The second-order valence-electron chi connectivity index (χ2n) is 5.92. The number of aromatic amines is 1. The highest BCUT2D eigenvalue weighted by atomic mass is 32.1. The number of thiazole rings is 1. The number of rotatable bonds is 3. The maximum absolute atomic E-state index is 11.9. The van der Waals surface area contributed by atoms with Crippen molar-refractivity contribution >= 4 is 17.1 Å². The van der Waals surface area contributed by atoms with Crippen molar-refractivity contribution in [2.45, 2.75) is 34.6 Å². The number of ketones is 1. The van der Waals surface area contributed by atoms with Gasteiger partial charge in [-0.15, -0.1) is 11.3 Å². The predicted octanol–water partition coefficient (Wildman–Crippen LogP) is 5.24. The van der Waals surface area contributed by atoms with Crippen molar-refractivity contribution in [2.24, 2.45) is 0 Å². The maximum Gasteiger partial charge on any atom is 0.161 e. The molecule has 0 aliphatic rings. The lowest BCUT2D eigenvalue weighted by molar-refractivity contribution is 0.101. The Morgan fingerprint density at radius 3 is 2.43 bits per heavy atom. The van der Waals surface area contributed by atoms with Crippen LogP contribution in [0.15, 0.2) is 24.3 Å². The number of nitrogens with one attached hydrogen (secondary N) is 1. The zero-order chi connectivity index (χ0) is 16.7. The van der Waals surface area contributed by atoms with Gasteiger partial charge in [-0.1, -0.05) is 24.3 Å². The molecule has 4 heteroatoms. The molecule has 0 aliphatic heterocycles. The average molecular weight is 324 g/mol. The Bertz CT molecular complexity index is 902. The largest absolute Gasteiger partial charge is 0.356 e. The molecular formula is C19H20N2OS. The molecule has 0 atom stereocenters. The second kappa shape index (κ2) is 5.78. The summed E-state index contributed by atoms with van der Waals surface area (Å²) in [4.78, 5) is 21.2. The molecule has 0 saturated heterocycles.